The minimum Gasteiger partial charge on any atom is -0.508 e. The molecule has 3 rings (SSSR count). The number of hydrogen-bond acceptors (Lipinski definition) is 3. The van der Waals surface area contributed by atoms with Crippen molar-refractivity contribution in [3.63, 3.8) is 0 Å². The molecule has 0 radical (unpaired) electrons. The number of hydrogen-bond donors (Lipinski definition) is 2. The molecule has 1 aromatic carbocycles. The van der Waals surface area contributed by atoms with Gasteiger partial charge in [0.25, 0.3) is 0 Å². The highest BCUT2D eigenvalue weighted by Crippen LogP contribution is 2.20. The molecule has 0 saturated heterocycles. The van der Waals surface area contributed by atoms with E-state index < -0.39 is 0 Å². The average Bonchev–Trinajstić information content (AvgIpc) is 2.74. The van der Waals surface area contributed by atoms with Gasteiger partial charge < -0.3 is 14.8 Å². The topological polar surface area (TPSA) is 58.3 Å². The normalized spacial score (nSPS) is 18.6. The smallest absolute Gasteiger partial charge is 0.115 e. The lowest BCUT2D eigenvalue weighted by Gasteiger charge is -2.21. The molecule has 0 saturated carbocycles. The van der Waals surface area contributed by atoms with E-state index in [0.717, 1.165) is 36.5 Å². The fourth-order valence-corrected chi connectivity index (χ4v) is 2.45. The lowest BCUT2D eigenvalue weighted by molar-refractivity contribution is 0.143. The van der Waals surface area contributed by atoms with Gasteiger partial charge in [-0.1, -0.05) is 12.1 Å². The zero-order valence-corrected chi connectivity index (χ0v) is 10.1. The van der Waals surface area contributed by atoms with Gasteiger partial charge in [0.15, 0.2) is 0 Å². The Labute approximate surface area is 106 Å². The van der Waals surface area contributed by atoms with E-state index in [0.29, 0.717) is 6.42 Å². The molecule has 0 aliphatic carbocycles. The molecular formula is C14H16N2O2. The van der Waals surface area contributed by atoms with Crippen LogP contribution in [0.3, 0.4) is 0 Å². The van der Waals surface area contributed by atoms with Gasteiger partial charge in [-0.3, -0.25) is 0 Å². The number of nitrogens with zero attached hydrogens (tertiary/aromatic N) is 2. The molecular weight excluding hydrogens is 228 g/mol. The molecule has 2 aromatic rings. The Bertz CT molecular complexity index is 545. The summed E-state index contributed by atoms with van der Waals surface area (Å²) in [5.41, 5.74) is 2.25. The summed E-state index contributed by atoms with van der Waals surface area (Å²) in [5, 5.41) is 18.9. The summed E-state index contributed by atoms with van der Waals surface area (Å²) in [6.07, 6.45) is 3.89. The number of aliphatic hydroxyl groups excluding tert-OH is 1. The molecule has 2 N–H and O–H groups in total. The second kappa shape index (κ2) is 4.46. The maximum absolute atomic E-state index is 9.62. The molecule has 94 valence electrons. The predicted octanol–water partition coefficient (Wildman–Crippen LogP) is 1.49. The molecule has 1 aromatic heterocycles. The number of aromatic nitrogens is 2. The summed E-state index contributed by atoms with van der Waals surface area (Å²) >= 11 is 0. The van der Waals surface area contributed by atoms with Crippen molar-refractivity contribution in [3.8, 4) is 5.75 Å². The Kier molecular flexibility index (Phi) is 2.80. The maximum Gasteiger partial charge on any atom is 0.115 e. The second-order valence-electron chi connectivity index (χ2n) is 4.81. The Morgan fingerprint density at radius 1 is 1.28 bits per heavy atom. The molecule has 1 aliphatic rings. The van der Waals surface area contributed by atoms with Crippen molar-refractivity contribution >= 4 is 0 Å². The Morgan fingerprint density at radius 3 is 2.83 bits per heavy atom. The first-order valence-corrected chi connectivity index (χ1v) is 6.21. The van der Waals surface area contributed by atoms with Crippen LogP contribution in [0.4, 0.5) is 0 Å². The fourth-order valence-electron chi connectivity index (χ4n) is 2.45. The third-order valence-electron chi connectivity index (χ3n) is 3.45. The number of fused-ring (bicyclic) bond motifs is 1. The zero-order valence-electron chi connectivity index (χ0n) is 10.1. The van der Waals surface area contributed by atoms with E-state index in [9.17, 15) is 10.2 Å². The van der Waals surface area contributed by atoms with Crippen molar-refractivity contribution in [1.82, 2.24) is 9.55 Å². The monoisotopic (exact) mass is 244 g/mol. The van der Waals surface area contributed by atoms with Crippen molar-refractivity contribution in [2.75, 3.05) is 0 Å². The van der Waals surface area contributed by atoms with Crippen LogP contribution in [-0.2, 0) is 19.4 Å². The van der Waals surface area contributed by atoms with E-state index >= 15 is 0 Å². The third-order valence-corrected chi connectivity index (χ3v) is 3.45. The minimum atomic E-state index is -0.226. The van der Waals surface area contributed by atoms with Crippen LogP contribution in [0, 0.1) is 0 Å². The van der Waals surface area contributed by atoms with Crippen LogP contribution >= 0.6 is 0 Å². The summed E-state index contributed by atoms with van der Waals surface area (Å²) in [5.74, 6) is 1.31. The number of aromatic hydroxyl groups is 1. The summed E-state index contributed by atoms with van der Waals surface area (Å²) in [7, 11) is 0. The van der Waals surface area contributed by atoms with Gasteiger partial charge in [-0.15, -0.1) is 0 Å². The van der Waals surface area contributed by atoms with Crippen LogP contribution < -0.4 is 0 Å². The van der Waals surface area contributed by atoms with Crippen LogP contribution in [0.15, 0.2) is 30.5 Å². The van der Waals surface area contributed by atoms with E-state index in [1.807, 2.05) is 18.3 Å². The van der Waals surface area contributed by atoms with Crippen molar-refractivity contribution < 1.29 is 10.2 Å². The van der Waals surface area contributed by atoms with Crippen molar-refractivity contribution in [2.45, 2.75) is 31.9 Å². The molecule has 18 heavy (non-hydrogen) atoms. The van der Waals surface area contributed by atoms with Crippen molar-refractivity contribution in [2.24, 2.45) is 0 Å². The van der Waals surface area contributed by atoms with E-state index in [1.165, 1.54) is 0 Å². The summed E-state index contributed by atoms with van der Waals surface area (Å²) in [4.78, 5) is 4.44. The van der Waals surface area contributed by atoms with Gasteiger partial charge in [-0.25, -0.2) is 4.98 Å². The lowest BCUT2D eigenvalue weighted by atomic mass is 10.1. The molecule has 1 aliphatic heterocycles. The first kappa shape index (κ1) is 11.3. The number of benzene rings is 1. The van der Waals surface area contributed by atoms with Crippen molar-refractivity contribution in [1.29, 1.82) is 0 Å². The number of rotatable bonds is 2. The molecule has 0 bridgehead atoms. The third kappa shape index (κ3) is 2.11. The summed E-state index contributed by atoms with van der Waals surface area (Å²) < 4.78 is 2.19. The molecule has 0 spiro atoms. The van der Waals surface area contributed by atoms with E-state index in [-0.39, 0.29) is 11.9 Å². The zero-order chi connectivity index (χ0) is 12.5. The van der Waals surface area contributed by atoms with Gasteiger partial charge in [0.05, 0.1) is 6.10 Å². The van der Waals surface area contributed by atoms with Gasteiger partial charge in [-0.05, 0) is 24.1 Å². The second-order valence-corrected chi connectivity index (χ2v) is 4.81. The largest absolute Gasteiger partial charge is 0.508 e. The van der Waals surface area contributed by atoms with Crippen LogP contribution in [0.1, 0.15) is 23.5 Å². The number of aliphatic hydroxyl groups is 1. The Morgan fingerprint density at radius 2 is 2.06 bits per heavy atom. The molecule has 1 atom stereocenters. The standard InChI is InChI=1S/C14H16N2O2/c17-12-3-1-10(2-4-12)7-14-15-9-11-8-13(18)5-6-16(11)14/h1-4,9,13,17-18H,5-8H2. The maximum atomic E-state index is 9.62. The summed E-state index contributed by atoms with van der Waals surface area (Å²) in [6, 6.07) is 7.21. The van der Waals surface area contributed by atoms with Gasteiger partial charge in [0.1, 0.15) is 11.6 Å². The molecule has 4 nitrogen and oxygen atoms in total. The first-order valence-electron chi connectivity index (χ1n) is 6.21. The number of phenols is 1. The predicted molar refractivity (Wildman–Crippen MR) is 67.5 cm³/mol. The molecule has 0 fully saturated rings. The lowest BCUT2D eigenvalue weighted by Crippen LogP contribution is -2.23. The van der Waals surface area contributed by atoms with Crippen LogP contribution in [-0.4, -0.2) is 25.9 Å². The van der Waals surface area contributed by atoms with Crippen LogP contribution in [0.2, 0.25) is 0 Å². The highest BCUT2D eigenvalue weighted by molar-refractivity contribution is 5.28. The van der Waals surface area contributed by atoms with Crippen LogP contribution in [0.5, 0.6) is 5.75 Å². The summed E-state index contributed by atoms with van der Waals surface area (Å²) in [6.45, 7) is 0.837. The van der Waals surface area contributed by atoms with Crippen LogP contribution in [0.25, 0.3) is 0 Å². The van der Waals surface area contributed by atoms with Gasteiger partial charge in [-0.2, -0.15) is 0 Å². The van der Waals surface area contributed by atoms with E-state index in [4.69, 9.17) is 0 Å². The average molecular weight is 244 g/mol. The molecule has 1 unspecified atom stereocenters. The molecule has 4 heteroatoms. The Balaban J connectivity index is 1.83. The number of imidazole rings is 1. The molecule has 0 amide bonds. The van der Waals surface area contributed by atoms with E-state index in [1.54, 1.807) is 12.1 Å². The Hall–Kier alpha value is -1.81. The fraction of sp³-hybridized carbons (Fsp3) is 0.357. The van der Waals surface area contributed by atoms with Gasteiger partial charge in [0, 0.05) is 31.3 Å². The quantitative estimate of drug-likeness (QED) is 0.841. The highest BCUT2D eigenvalue weighted by atomic mass is 16.3. The van der Waals surface area contributed by atoms with E-state index in [2.05, 4.69) is 9.55 Å². The molecule has 2 heterocycles. The van der Waals surface area contributed by atoms with Gasteiger partial charge >= 0.3 is 0 Å². The van der Waals surface area contributed by atoms with Gasteiger partial charge in [0.2, 0.25) is 0 Å². The minimum absolute atomic E-state index is 0.226. The van der Waals surface area contributed by atoms with Crippen molar-refractivity contribution in [3.05, 3.63) is 47.5 Å². The number of phenolic OH excluding ortho intramolecular Hbond substituents is 1. The SMILES string of the molecule is Oc1ccc(Cc2ncc3n2CCC(O)C3)cc1. The first-order chi connectivity index (χ1) is 8.72. The highest BCUT2D eigenvalue weighted by Gasteiger charge is 2.19.